The Kier molecular flexibility index (Phi) is 4.43. The van der Waals surface area contributed by atoms with E-state index in [4.69, 9.17) is 14.2 Å². The number of ether oxygens (including phenoxy) is 3. The van der Waals surface area contributed by atoms with Crippen molar-refractivity contribution in [2.24, 2.45) is 0 Å². The number of hydrogen-bond acceptors (Lipinski definition) is 5. The molecule has 3 rings (SSSR count). The second-order valence-corrected chi connectivity index (χ2v) is 5.30. The van der Waals surface area contributed by atoms with Gasteiger partial charge in [-0.2, -0.15) is 0 Å². The van der Waals surface area contributed by atoms with E-state index in [0.717, 1.165) is 10.8 Å². The monoisotopic (exact) mass is 339 g/mol. The standard InChI is InChI=1S/C19H17NO5/c1-23-12-4-5-13(19(21)22)15(9-12)18-14-10-17(25-3)16(24-2)8-11(14)6-7-20-18/h4-10H,1-3H3,(H,21,22). The molecule has 6 nitrogen and oxygen atoms in total. The predicted octanol–water partition coefficient (Wildman–Crippen LogP) is 3.63. The molecule has 0 bridgehead atoms. The summed E-state index contributed by atoms with van der Waals surface area (Å²) >= 11 is 0. The van der Waals surface area contributed by atoms with Gasteiger partial charge in [0.25, 0.3) is 0 Å². The average Bonchev–Trinajstić information content (AvgIpc) is 2.65. The summed E-state index contributed by atoms with van der Waals surface area (Å²) in [5, 5.41) is 11.2. The molecule has 1 heterocycles. The molecule has 0 fully saturated rings. The summed E-state index contributed by atoms with van der Waals surface area (Å²) in [6, 6.07) is 10.3. The molecule has 2 aromatic carbocycles. The Bertz CT molecular complexity index is 952. The van der Waals surface area contributed by atoms with E-state index < -0.39 is 5.97 Å². The fourth-order valence-corrected chi connectivity index (χ4v) is 2.75. The zero-order chi connectivity index (χ0) is 18.0. The van der Waals surface area contributed by atoms with Gasteiger partial charge in [-0.05, 0) is 41.8 Å². The van der Waals surface area contributed by atoms with Crippen LogP contribution < -0.4 is 14.2 Å². The number of methoxy groups -OCH3 is 3. The first-order valence-electron chi connectivity index (χ1n) is 7.51. The first kappa shape index (κ1) is 16.6. The lowest BCUT2D eigenvalue weighted by molar-refractivity contribution is 0.0697. The van der Waals surface area contributed by atoms with Gasteiger partial charge >= 0.3 is 5.97 Å². The molecular formula is C19H17NO5. The van der Waals surface area contributed by atoms with Crippen molar-refractivity contribution in [2.45, 2.75) is 0 Å². The predicted molar refractivity (Wildman–Crippen MR) is 93.8 cm³/mol. The maximum atomic E-state index is 11.6. The minimum atomic E-state index is -1.03. The SMILES string of the molecule is COc1ccc(C(=O)O)c(-c2nccc3cc(OC)c(OC)cc23)c1. The number of aromatic nitrogens is 1. The lowest BCUT2D eigenvalue weighted by Gasteiger charge is -2.13. The molecule has 0 unspecified atom stereocenters. The van der Waals surface area contributed by atoms with Crippen LogP contribution in [0.1, 0.15) is 10.4 Å². The normalized spacial score (nSPS) is 10.5. The average molecular weight is 339 g/mol. The molecule has 0 radical (unpaired) electrons. The van der Waals surface area contributed by atoms with Gasteiger partial charge < -0.3 is 19.3 Å². The Labute approximate surface area is 144 Å². The van der Waals surface area contributed by atoms with Crippen LogP contribution in [0.15, 0.2) is 42.6 Å². The number of pyridine rings is 1. The van der Waals surface area contributed by atoms with E-state index in [9.17, 15) is 9.90 Å². The summed E-state index contributed by atoms with van der Waals surface area (Å²) in [6.07, 6.45) is 1.63. The van der Waals surface area contributed by atoms with E-state index in [1.807, 2.05) is 12.1 Å². The number of carboxylic acids is 1. The number of benzene rings is 2. The molecule has 1 aromatic heterocycles. The molecule has 128 valence electrons. The first-order valence-corrected chi connectivity index (χ1v) is 7.51. The highest BCUT2D eigenvalue weighted by Crippen LogP contribution is 2.37. The maximum absolute atomic E-state index is 11.6. The molecule has 0 saturated heterocycles. The highest BCUT2D eigenvalue weighted by molar-refractivity contribution is 6.03. The maximum Gasteiger partial charge on any atom is 0.336 e. The summed E-state index contributed by atoms with van der Waals surface area (Å²) in [5.74, 6) is 0.663. The van der Waals surface area contributed by atoms with Crippen LogP contribution in [-0.2, 0) is 0 Å². The fourth-order valence-electron chi connectivity index (χ4n) is 2.75. The quantitative estimate of drug-likeness (QED) is 0.765. The number of carbonyl (C=O) groups is 1. The molecule has 0 aliphatic carbocycles. The molecule has 6 heteroatoms. The highest BCUT2D eigenvalue weighted by atomic mass is 16.5. The lowest BCUT2D eigenvalue weighted by Crippen LogP contribution is -2.01. The van der Waals surface area contributed by atoms with Crippen LogP contribution in [-0.4, -0.2) is 37.4 Å². The topological polar surface area (TPSA) is 77.9 Å². The van der Waals surface area contributed by atoms with Crippen LogP contribution in [0.25, 0.3) is 22.0 Å². The van der Waals surface area contributed by atoms with Crippen molar-refractivity contribution in [1.82, 2.24) is 4.98 Å². The summed E-state index contributed by atoms with van der Waals surface area (Å²) in [7, 11) is 4.65. The number of carboxylic acid groups (broad SMARTS) is 1. The highest BCUT2D eigenvalue weighted by Gasteiger charge is 2.17. The Balaban J connectivity index is 2.34. The fraction of sp³-hybridized carbons (Fsp3) is 0.158. The van der Waals surface area contributed by atoms with E-state index >= 15 is 0 Å². The number of fused-ring (bicyclic) bond motifs is 1. The van der Waals surface area contributed by atoms with E-state index in [1.54, 1.807) is 38.6 Å². The van der Waals surface area contributed by atoms with Crippen molar-refractivity contribution in [3.8, 4) is 28.5 Å². The van der Waals surface area contributed by atoms with Crippen molar-refractivity contribution in [2.75, 3.05) is 21.3 Å². The molecule has 0 aliphatic heterocycles. The van der Waals surface area contributed by atoms with Gasteiger partial charge in [0.1, 0.15) is 5.75 Å². The van der Waals surface area contributed by atoms with Crippen LogP contribution in [0.4, 0.5) is 0 Å². The van der Waals surface area contributed by atoms with Crippen LogP contribution in [0.2, 0.25) is 0 Å². The Morgan fingerprint density at radius 3 is 2.32 bits per heavy atom. The Morgan fingerprint density at radius 1 is 0.960 bits per heavy atom. The number of nitrogens with zero attached hydrogens (tertiary/aromatic N) is 1. The minimum Gasteiger partial charge on any atom is -0.497 e. The molecule has 0 amide bonds. The number of rotatable bonds is 5. The molecular weight excluding hydrogens is 322 g/mol. The van der Waals surface area contributed by atoms with Gasteiger partial charge in [0, 0.05) is 17.1 Å². The second-order valence-electron chi connectivity index (χ2n) is 5.30. The van der Waals surface area contributed by atoms with E-state index in [2.05, 4.69) is 4.98 Å². The smallest absolute Gasteiger partial charge is 0.336 e. The molecule has 1 N–H and O–H groups in total. The second kappa shape index (κ2) is 6.68. The summed E-state index contributed by atoms with van der Waals surface area (Å²) in [6.45, 7) is 0. The third-order valence-electron chi connectivity index (χ3n) is 3.98. The lowest BCUT2D eigenvalue weighted by atomic mass is 9.98. The third-order valence-corrected chi connectivity index (χ3v) is 3.98. The van der Waals surface area contributed by atoms with Crippen molar-refractivity contribution in [3.05, 3.63) is 48.2 Å². The minimum absolute atomic E-state index is 0.149. The van der Waals surface area contributed by atoms with Gasteiger partial charge in [0.2, 0.25) is 0 Å². The Hall–Kier alpha value is -3.28. The zero-order valence-corrected chi connectivity index (χ0v) is 14.1. The largest absolute Gasteiger partial charge is 0.497 e. The van der Waals surface area contributed by atoms with Crippen LogP contribution in [0.5, 0.6) is 17.2 Å². The van der Waals surface area contributed by atoms with Crippen molar-refractivity contribution in [1.29, 1.82) is 0 Å². The number of aromatic carboxylic acids is 1. The van der Waals surface area contributed by atoms with Gasteiger partial charge in [-0.15, -0.1) is 0 Å². The Morgan fingerprint density at radius 2 is 1.68 bits per heavy atom. The zero-order valence-electron chi connectivity index (χ0n) is 14.1. The van der Waals surface area contributed by atoms with E-state index in [0.29, 0.717) is 28.5 Å². The van der Waals surface area contributed by atoms with Gasteiger partial charge in [-0.25, -0.2) is 4.79 Å². The molecule has 0 saturated carbocycles. The first-order chi connectivity index (χ1) is 12.1. The van der Waals surface area contributed by atoms with Gasteiger partial charge in [-0.1, -0.05) is 0 Å². The molecule has 3 aromatic rings. The van der Waals surface area contributed by atoms with E-state index in [1.165, 1.54) is 13.2 Å². The van der Waals surface area contributed by atoms with Crippen LogP contribution in [0, 0.1) is 0 Å². The summed E-state index contributed by atoms with van der Waals surface area (Å²) < 4.78 is 15.9. The number of hydrogen-bond donors (Lipinski definition) is 1. The molecule has 25 heavy (non-hydrogen) atoms. The molecule has 0 aliphatic rings. The van der Waals surface area contributed by atoms with Gasteiger partial charge in [0.05, 0.1) is 32.6 Å². The molecule has 0 spiro atoms. The van der Waals surface area contributed by atoms with Gasteiger partial charge in [0.15, 0.2) is 11.5 Å². The van der Waals surface area contributed by atoms with Crippen molar-refractivity contribution >= 4 is 16.7 Å². The summed E-state index contributed by atoms with van der Waals surface area (Å²) in [4.78, 5) is 16.1. The van der Waals surface area contributed by atoms with Crippen LogP contribution >= 0.6 is 0 Å². The third kappa shape index (κ3) is 2.94. The van der Waals surface area contributed by atoms with E-state index in [-0.39, 0.29) is 5.56 Å². The van der Waals surface area contributed by atoms with Crippen LogP contribution in [0.3, 0.4) is 0 Å². The molecule has 0 atom stereocenters. The van der Waals surface area contributed by atoms with Crippen molar-refractivity contribution in [3.63, 3.8) is 0 Å². The van der Waals surface area contributed by atoms with Gasteiger partial charge in [-0.3, -0.25) is 4.98 Å². The van der Waals surface area contributed by atoms with Crippen molar-refractivity contribution < 1.29 is 24.1 Å². The summed E-state index contributed by atoms with van der Waals surface area (Å²) in [5.41, 5.74) is 1.16.